The molecule has 0 aromatic heterocycles. The zero-order valence-electron chi connectivity index (χ0n) is 50.1. The molecule has 0 spiro atoms. The second kappa shape index (κ2) is 40.6. The molecule has 23 N–H and O–H groups in total. The van der Waals surface area contributed by atoms with Crippen LogP contribution in [0.2, 0.25) is 0 Å². The lowest BCUT2D eigenvalue weighted by atomic mass is 10.0. The summed E-state index contributed by atoms with van der Waals surface area (Å²) in [5.41, 5.74) is 29.8. The molecule has 1 heterocycles. The van der Waals surface area contributed by atoms with E-state index >= 15 is 0 Å². The van der Waals surface area contributed by atoms with E-state index in [1.165, 1.54) is 20.1 Å². The highest BCUT2D eigenvalue weighted by Crippen LogP contribution is 2.13. The highest BCUT2D eigenvalue weighted by atomic mass is 32.2. The quantitative estimate of drug-likeness (QED) is 0.0319. The molecule has 2 unspecified atom stereocenters. The number of aliphatic hydroxyl groups excluding tert-OH is 2. The van der Waals surface area contributed by atoms with Crippen molar-refractivity contribution in [1.29, 1.82) is 0 Å². The van der Waals surface area contributed by atoms with Crippen LogP contribution in [0.3, 0.4) is 0 Å². The van der Waals surface area contributed by atoms with E-state index in [0.717, 1.165) is 19.3 Å². The zero-order valence-corrected chi connectivity index (χ0v) is 50.9. The number of benzene rings is 1. The summed E-state index contributed by atoms with van der Waals surface area (Å²) in [6.07, 6.45) is -0.246. The van der Waals surface area contributed by atoms with E-state index in [0.29, 0.717) is 17.9 Å². The van der Waals surface area contributed by atoms with Gasteiger partial charge in [0.15, 0.2) is 0 Å². The van der Waals surface area contributed by atoms with E-state index in [4.69, 9.17) is 28.7 Å². The number of hydrogen-bond donors (Lipinski definition) is 18. The van der Waals surface area contributed by atoms with Crippen LogP contribution < -0.4 is 87.2 Å². The number of amides is 11. The average molecular weight is 1240 g/mol. The fourth-order valence-corrected chi connectivity index (χ4v) is 9.54. The lowest BCUT2D eigenvalue weighted by Gasteiger charge is -2.28. The fourth-order valence-electron chi connectivity index (χ4n) is 8.97. The summed E-state index contributed by atoms with van der Waals surface area (Å²) in [7, 11) is -1.50. The molecule has 1 aliphatic heterocycles. The van der Waals surface area contributed by atoms with Gasteiger partial charge in [-0.2, -0.15) is 0 Å². The number of rotatable bonds is 30. The van der Waals surface area contributed by atoms with Gasteiger partial charge in [-0.25, -0.2) is 0 Å². The van der Waals surface area contributed by atoms with Gasteiger partial charge in [-0.05, 0) is 109 Å². The third kappa shape index (κ3) is 27.3. The molecule has 1 fully saturated rings. The molecule has 0 bridgehead atoms. The van der Waals surface area contributed by atoms with Crippen LogP contribution in [0.4, 0.5) is 0 Å². The molecule has 0 radical (unpaired) electrons. The topological polar surface area (TPSA) is 508 Å². The standard InChI is InChI=1S/C55H96N16O14S/c1-6-31(2)12-10-11-15-43(74)62-35(16-23-56)51(80)71-45(33(4)73)55(84)68-38(19-26-59)47(76)66-40-21-28-61-54(83)44(32(3)72)70-52(81)39(20-27-60)65-46(75)36(17-24-57)64-50(79)41(22-29-86(5)85)67-53(82)42(30-34-13-8-7-9-14-34)69-48(77)37(18-25-58)63-49(40)78/h7-9,13-14,31-33,35-42,44-45,72-73H,6,10-12,15-30,56-60H2,1-5H3,(H,61,83)(H,62,74)(H,63,78)(H,64,79)(H,65,75)(H,66,76)(H,67,82)(H,68,84)(H,69,77)(H,70,81)(H,71,80)/t31?,32-,33-,35+,36+,37+,38+,39+,40+,41+,42-,44+,45+,86?/m1/s1. The number of aliphatic hydroxyl groups is 2. The van der Waals surface area contributed by atoms with Gasteiger partial charge in [0, 0.05) is 42.2 Å². The van der Waals surface area contributed by atoms with E-state index in [1.807, 2.05) is 0 Å². The average Bonchev–Trinajstić information content (AvgIpc) is 3.48. The van der Waals surface area contributed by atoms with E-state index in [-0.39, 0.29) is 89.8 Å². The van der Waals surface area contributed by atoms with Crippen LogP contribution in [0.5, 0.6) is 0 Å². The Labute approximate surface area is 505 Å². The summed E-state index contributed by atoms with van der Waals surface area (Å²) >= 11 is 0. The summed E-state index contributed by atoms with van der Waals surface area (Å²) in [6, 6.07) is -6.89. The van der Waals surface area contributed by atoms with E-state index < -0.39 is 161 Å². The Balaban J connectivity index is 2.69. The number of carbonyl (C=O) groups is 11. The SMILES string of the molecule is CCC(C)CCCCC(=O)N[C@@H](CCN)C(=O)N[C@H](C(=O)N[C@@H](CCN)C(=O)N[C@H]1CCNC(=O)[C@H]([C@@H](C)O)NC(=O)[C@H](CCN)NC(=O)[C@H](CCN)NC(=O)[C@H](CCS(C)=O)NC(=O)[C@@H](Cc2ccccc2)NC(=O)[C@H](CCN)NC1=O)[C@@H](C)O. The van der Waals surface area contributed by atoms with Crippen molar-refractivity contribution in [3.05, 3.63) is 35.9 Å². The second-order valence-corrected chi connectivity index (χ2v) is 23.0. The van der Waals surface area contributed by atoms with E-state index in [2.05, 4.69) is 72.3 Å². The Morgan fingerprint density at radius 3 is 1.57 bits per heavy atom. The van der Waals surface area contributed by atoms with Gasteiger partial charge in [-0.3, -0.25) is 56.9 Å². The Kier molecular flexibility index (Phi) is 35.6. The molecule has 1 aromatic rings. The largest absolute Gasteiger partial charge is 0.391 e. The molecule has 86 heavy (non-hydrogen) atoms. The lowest BCUT2D eigenvalue weighted by molar-refractivity contribution is -0.137. The molecule has 1 saturated heterocycles. The minimum absolute atomic E-state index is 0.0256. The number of nitrogens with one attached hydrogen (secondary N) is 11. The molecule has 30 nitrogen and oxygen atoms in total. The molecule has 486 valence electrons. The molecule has 2 rings (SSSR count). The number of carbonyl (C=O) groups excluding carboxylic acids is 11. The third-order valence-corrected chi connectivity index (χ3v) is 15.1. The van der Waals surface area contributed by atoms with Crippen molar-refractivity contribution < 1.29 is 67.2 Å². The van der Waals surface area contributed by atoms with E-state index in [1.54, 1.807) is 30.3 Å². The molecular formula is C55H96N16O14S. The molecule has 11 amide bonds. The van der Waals surface area contributed by atoms with Crippen LogP contribution in [-0.2, 0) is 70.0 Å². The zero-order chi connectivity index (χ0) is 64.5. The molecule has 0 aliphatic carbocycles. The monoisotopic (exact) mass is 1240 g/mol. The predicted molar refractivity (Wildman–Crippen MR) is 320 cm³/mol. The third-order valence-electron chi connectivity index (χ3n) is 14.2. The van der Waals surface area contributed by atoms with Crippen LogP contribution >= 0.6 is 0 Å². The lowest BCUT2D eigenvalue weighted by Crippen LogP contribution is -2.62. The van der Waals surface area contributed by atoms with Crippen molar-refractivity contribution in [2.45, 2.75) is 184 Å². The molecule has 31 heteroatoms. The van der Waals surface area contributed by atoms with Gasteiger partial charge >= 0.3 is 0 Å². The Morgan fingerprint density at radius 1 is 0.593 bits per heavy atom. The number of nitrogens with two attached hydrogens (primary N) is 5. The molecular weight excluding hydrogens is 1140 g/mol. The normalized spacial score (nSPS) is 23.1. The predicted octanol–water partition coefficient (Wildman–Crippen LogP) is -6.52. The summed E-state index contributed by atoms with van der Waals surface area (Å²) in [6.45, 7) is 5.25. The summed E-state index contributed by atoms with van der Waals surface area (Å²) < 4.78 is 12.4. The van der Waals surface area contributed by atoms with Crippen LogP contribution in [-0.4, -0.2) is 203 Å². The maximum absolute atomic E-state index is 14.5. The van der Waals surface area contributed by atoms with Crippen molar-refractivity contribution in [3.8, 4) is 0 Å². The minimum Gasteiger partial charge on any atom is -0.391 e. The summed E-state index contributed by atoms with van der Waals surface area (Å²) in [5, 5.41) is 49.3. The molecule has 1 aromatic carbocycles. The maximum Gasteiger partial charge on any atom is 0.245 e. The summed E-state index contributed by atoms with van der Waals surface area (Å²) in [5.74, 6) is -9.80. The van der Waals surface area contributed by atoms with Gasteiger partial charge in [0.05, 0.1) is 12.2 Å². The van der Waals surface area contributed by atoms with Gasteiger partial charge in [0.25, 0.3) is 0 Å². The van der Waals surface area contributed by atoms with Crippen molar-refractivity contribution >= 4 is 75.8 Å². The van der Waals surface area contributed by atoms with Gasteiger partial charge in [0.2, 0.25) is 65.0 Å². The van der Waals surface area contributed by atoms with Crippen LogP contribution in [0.15, 0.2) is 30.3 Å². The fraction of sp³-hybridized carbons (Fsp3) is 0.691. The van der Waals surface area contributed by atoms with Crippen LogP contribution in [0, 0.1) is 5.92 Å². The van der Waals surface area contributed by atoms with Gasteiger partial charge < -0.3 is 97.4 Å². The van der Waals surface area contributed by atoms with Crippen molar-refractivity contribution in [3.63, 3.8) is 0 Å². The van der Waals surface area contributed by atoms with Gasteiger partial charge in [-0.1, -0.05) is 63.4 Å². The molecule has 14 atom stereocenters. The maximum atomic E-state index is 14.5. The highest BCUT2D eigenvalue weighted by molar-refractivity contribution is 7.84. The molecule has 0 saturated carbocycles. The van der Waals surface area contributed by atoms with Gasteiger partial charge in [-0.15, -0.1) is 0 Å². The minimum atomic E-state index is -1.71. The summed E-state index contributed by atoms with van der Waals surface area (Å²) in [4.78, 5) is 154. The smallest absolute Gasteiger partial charge is 0.245 e. The molecule has 1 aliphatic rings. The second-order valence-electron chi connectivity index (χ2n) is 21.5. The number of hydrogen-bond acceptors (Lipinski definition) is 19. The first kappa shape index (κ1) is 75.4. The van der Waals surface area contributed by atoms with Gasteiger partial charge in [0.1, 0.15) is 60.4 Å². The Morgan fingerprint density at radius 2 is 1.08 bits per heavy atom. The first-order chi connectivity index (χ1) is 40.8. The Hall–Kier alpha value is -6.74. The van der Waals surface area contributed by atoms with Crippen molar-refractivity contribution in [2.24, 2.45) is 34.6 Å². The first-order valence-corrected chi connectivity index (χ1v) is 31.1. The van der Waals surface area contributed by atoms with Crippen molar-refractivity contribution in [2.75, 3.05) is 51.3 Å². The van der Waals surface area contributed by atoms with E-state index in [9.17, 15) is 67.2 Å². The highest BCUT2D eigenvalue weighted by Gasteiger charge is 2.37. The first-order valence-electron chi connectivity index (χ1n) is 29.3. The van der Waals surface area contributed by atoms with Crippen molar-refractivity contribution in [1.82, 2.24) is 58.5 Å². The Bertz CT molecular complexity index is 2390. The number of unbranched alkanes of at least 4 members (excludes halogenated alkanes) is 1. The van der Waals surface area contributed by atoms with Crippen LogP contribution in [0.1, 0.15) is 110 Å². The van der Waals surface area contributed by atoms with Crippen LogP contribution in [0.25, 0.3) is 0 Å².